The van der Waals surface area contributed by atoms with Gasteiger partial charge in [-0.2, -0.15) is 0 Å². The number of likely N-dealkylation sites (tertiary alicyclic amines) is 1. The second-order valence-electron chi connectivity index (χ2n) is 7.45. The summed E-state index contributed by atoms with van der Waals surface area (Å²) >= 11 is 0. The fourth-order valence-electron chi connectivity index (χ4n) is 3.87. The number of nitrogens with zero attached hydrogens (tertiary/aromatic N) is 1. The fraction of sp³-hybridized carbons (Fsp3) is 0.579. The highest BCUT2D eigenvalue weighted by Crippen LogP contribution is 2.33. The van der Waals surface area contributed by atoms with E-state index < -0.39 is 11.4 Å². The highest BCUT2D eigenvalue weighted by molar-refractivity contribution is 5.79. The molecule has 2 amide bonds. The second-order valence-corrected chi connectivity index (χ2v) is 7.45. The summed E-state index contributed by atoms with van der Waals surface area (Å²) in [5.74, 6) is -0.234. The zero-order valence-electron chi connectivity index (χ0n) is 14.2. The van der Waals surface area contributed by atoms with E-state index >= 15 is 0 Å². The van der Waals surface area contributed by atoms with Gasteiger partial charge in [0.25, 0.3) is 0 Å². The Labute approximate surface area is 143 Å². The van der Waals surface area contributed by atoms with Gasteiger partial charge in [0.2, 0.25) is 0 Å². The lowest BCUT2D eigenvalue weighted by molar-refractivity contribution is -0.147. The van der Waals surface area contributed by atoms with Gasteiger partial charge in [-0.1, -0.05) is 30.3 Å². The highest BCUT2D eigenvalue weighted by Gasteiger charge is 2.42. The average Bonchev–Trinajstić information content (AvgIpc) is 3.00. The van der Waals surface area contributed by atoms with Crippen LogP contribution in [0.25, 0.3) is 0 Å². The van der Waals surface area contributed by atoms with Crippen LogP contribution in [0.2, 0.25) is 0 Å². The molecule has 1 unspecified atom stereocenters. The van der Waals surface area contributed by atoms with Gasteiger partial charge in [-0.05, 0) is 50.5 Å². The monoisotopic (exact) mass is 330 g/mol. The van der Waals surface area contributed by atoms with Gasteiger partial charge >= 0.3 is 12.0 Å². The van der Waals surface area contributed by atoms with Crippen LogP contribution in [0.4, 0.5) is 4.79 Å². The van der Waals surface area contributed by atoms with Crippen molar-refractivity contribution in [1.29, 1.82) is 0 Å². The molecule has 1 aromatic carbocycles. The van der Waals surface area contributed by atoms with Crippen molar-refractivity contribution in [2.75, 3.05) is 13.1 Å². The van der Waals surface area contributed by atoms with Crippen LogP contribution in [0, 0.1) is 5.41 Å². The van der Waals surface area contributed by atoms with Crippen LogP contribution in [0.5, 0.6) is 0 Å². The van der Waals surface area contributed by atoms with Crippen molar-refractivity contribution >= 4 is 12.0 Å². The molecule has 1 aliphatic heterocycles. The maximum atomic E-state index is 12.4. The van der Waals surface area contributed by atoms with Crippen molar-refractivity contribution < 1.29 is 14.7 Å². The van der Waals surface area contributed by atoms with Gasteiger partial charge in [-0.3, -0.25) is 4.79 Å². The number of aliphatic carboxylic acids is 1. The molecule has 1 saturated heterocycles. The molecule has 2 aliphatic rings. The first-order valence-corrected chi connectivity index (χ1v) is 8.82. The van der Waals surface area contributed by atoms with Gasteiger partial charge in [-0.25, -0.2) is 4.79 Å². The van der Waals surface area contributed by atoms with Crippen molar-refractivity contribution in [3.63, 3.8) is 0 Å². The van der Waals surface area contributed by atoms with E-state index in [1.807, 2.05) is 6.07 Å². The maximum absolute atomic E-state index is 12.4. The predicted octanol–water partition coefficient (Wildman–Crippen LogP) is 3.22. The topological polar surface area (TPSA) is 69.6 Å². The van der Waals surface area contributed by atoms with E-state index in [1.165, 1.54) is 5.56 Å². The third kappa shape index (κ3) is 3.55. The molecule has 1 aromatic rings. The molecule has 2 fully saturated rings. The number of amides is 2. The molecule has 1 atom stereocenters. The minimum atomic E-state index is -0.818. The first-order valence-electron chi connectivity index (χ1n) is 8.82. The average molecular weight is 330 g/mol. The predicted molar refractivity (Wildman–Crippen MR) is 91.9 cm³/mol. The van der Waals surface area contributed by atoms with Crippen LogP contribution in [0.1, 0.15) is 50.5 Å². The van der Waals surface area contributed by atoms with E-state index in [9.17, 15) is 14.7 Å². The third-order valence-corrected chi connectivity index (χ3v) is 5.60. The number of carbonyl (C=O) groups excluding carboxylic acids is 1. The molecular weight excluding hydrogens is 304 g/mol. The van der Waals surface area contributed by atoms with E-state index in [0.717, 1.165) is 25.7 Å². The number of rotatable bonds is 3. The summed E-state index contributed by atoms with van der Waals surface area (Å²) in [4.78, 5) is 25.3. The highest BCUT2D eigenvalue weighted by atomic mass is 16.4. The van der Waals surface area contributed by atoms with E-state index in [2.05, 4.69) is 29.6 Å². The summed E-state index contributed by atoms with van der Waals surface area (Å²) < 4.78 is 0. The van der Waals surface area contributed by atoms with E-state index in [4.69, 9.17) is 0 Å². The molecule has 0 aromatic heterocycles. The maximum Gasteiger partial charge on any atom is 0.317 e. The molecular formula is C19H26N2O3. The standard InChI is InChI=1S/C19H26N2O3/c1-19(17(22)23)11-12-21(13-19)18(24)20-16-9-7-15(8-10-16)14-5-3-2-4-6-14/h2-6,15-16H,7-13H2,1H3,(H,20,24)(H,22,23). The zero-order chi connectivity index (χ0) is 17.2. The van der Waals surface area contributed by atoms with Crippen molar-refractivity contribution in [3.05, 3.63) is 35.9 Å². The Morgan fingerprint density at radius 3 is 2.42 bits per heavy atom. The summed E-state index contributed by atoms with van der Waals surface area (Å²) in [6.45, 7) is 2.54. The lowest BCUT2D eigenvalue weighted by atomic mass is 9.82. The van der Waals surface area contributed by atoms with Crippen LogP contribution < -0.4 is 5.32 Å². The molecule has 1 aliphatic carbocycles. The lowest BCUT2D eigenvalue weighted by Gasteiger charge is -2.31. The van der Waals surface area contributed by atoms with Crippen molar-refractivity contribution in [2.45, 2.75) is 51.0 Å². The SMILES string of the molecule is CC1(C(=O)O)CCN(C(=O)NC2CCC(c3ccccc3)CC2)C1. The molecule has 0 bridgehead atoms. The van der Waals surface area contributed by atoms with Gasteiger partial charge in [0, 0.05) is 19.1 Å². The van der Waals surface area contributed by atoms with Gasteiger partial charge in [0.1, 0.15) is 0 Å². The molecule has 0 spiro atoms. The summed E-state index contributed by atoms with van der Waals surface area (Å²) in [7, 11) is 0. The molecule has 1 saturated carbocycles. The number of carboxylic acids is 1. The number of carboxylic acid groups (broad SMARTS) is 1. The zero-order valence-corrected chi connectivity index (χ0v) is 14.2. The van der Waals surface area contributed by atoms with Gasteiger partial charge in [-0.15, -0.1) is 0 Å². The van der Waals surface area contributed by atoms with E-state index in [0.29, 0.717) is 25.4 Å². The Hall–Kier alpha value is -2.04. The minimum absolute atomic E-state index is 0.108. The Morgan fingerprint density at radius 1 is 1.17 bits per heavy atom. The molecule has 24 heavy (non-hydrogen) atoms. The smallest absolute Gasteiger partial charge is 0.317 e. The summed E-state index contributed by atoms with van der Waals surface area (Å²) in [6.07, 6.45) is 4.66. The summed E-state index contributed by atoms with van der Waals surface area (Å²) in [5.41, 5.74) is 0.585. The minimum Gasteiger partial charge on any atom is -0.481 e. The largest absolute Gasteiger partial charge is 0.481 e. The van der Waals surface area contributed by atoms with Crippen LogP contribution in [0.15, 0.2) is 30.3 Å². The van der Waals surface area contributed by atoms with Gasteiger partial charge < -0.3 is 15.3 Å². The third-order valence-electron chi connectivity index (χ3n) is 5.60. The number of benzene rings is 1. The normalized spacial score (nSPS) is 30.1. The van der Waals surface area contributed by atoms with Gasteiger partial charge in [0.05, 0.1) is 5.41 Å². The van der Waals surface area contributed by atoms with E-state index in [-0.39, 0.29) is 12.1 Å². The number of hydrogen-bond donors (Lipinski definition) is 2. The van der Waals surface area contributed by atoms with Crippen LogP contribution in [-0.4, -0.2) is 41.1 Å². The molecule has 1 heterocycles. The van der Waals surface area contributed by atoms with Crippen molar-refractivity contribution in [3.8, 4) is 0 Å². The molecule has 0 radical (unpaired) electrons. The summed E-state index contributed by atoms with van der Waals surface area (Å²) in [5, 5.41) is 12.4. The Balaban J connectivity index is 1.48. The van der Waals surface area contributed by atoms with E-state index in [1.54, 1.807) is 11.8 Å². The van der Waals surface area contributed by atoms with Crippen molar-refractivity contribution in [1.82, 2.24) is 10.2 Å². The number of carbonyl (C=O) groups is 2. The Kier molecular flexibility index (Phi) is 4.78. The quantitative estimate of drug-likeness (QED) is 0.894. The molecule has 5 nitrogen and oxygen atoms in total. The van der Waals surface area contributed by atoms with Crippen LogP contribution in [-0.2, 0) is 4.79 Å². The first-order chi connectivity index (χ1) is 11.5. The second kappa shape index (κ2) is 6.83. The molecule has 130 valence electrons. The fourth-order valence-corrected chi connectivity index (χ4v) is 3.87. The molecule has 2 N–H and O–H groups in total. The number of nitrogens with one attached hydrogen (secondary N) is 1. The van der Waals surface area contributed by atoms with Gasteiger partial charge in [0.15, 0.2) is 0 Å². The molecule has 5 heteroatoms. The molecule has 3 rings (SSSR count). The Bertz CT molecular complexity index is 596. The van der Waals surface area contributed by atoms with Crippen LogP contribution >= 0.6 is 0 Å². The first kappa shape index (κ1) is 16.8. The Morgan fingerprint density at radius 2 is 1.83 bits per heavy atom. The van der Waals surface area contributed by atoms with Crippen molar-refractivity contribution in [2.24, 2.45) is 5.41 Å². The summed E-state index contributed by atoms with van der Waals surface area (Å²) in [6, 6.07) is 10.7. The lowest BCUT2D eigenvalue weighted by Crippen LogP contribution is -2.46. The van der Waals surface area contributed by atoms with Crippen LogP contribution in [0.3, 0.4) is 0 Å². The number of hydrogen-bond acceptors (Lipinski definition) is 2. The number of urea groups is 1.